The molecule has 9 heteroatoms. The minimum Gasteiger partial charge on any atom is -0.378 e. The molecule has 2 saturated heterocycles. The van der Waals surface area contributed by atoms with E-state index in [0.29, 0.717) is 39.1 Å². The Morgan fingerprint density at radius 1 is 1.00 bits per heavy atom. The Labute approximate surface area is 180 Å². The van der Waals surface area contributed by atoms with Crippen LogP contribution >= 0.6 is 11.6 Å². The van der Waals surface area contributed by atoms with E-state index in [0.717, 1.165) is 43.4 Å². The molecule has 1 amide bonds. The Kier molecular flexibility index (Phi) is 6.64. The average molecular weight is 434 g/mol. The van der Waals surface area contributed by atoms with Gasteiger partial charge in [0, 0.05) is 51.8 Å². The quantitative estimate of drug-likeness (QED) is 0.721. The first kappa shape index (κ1) is 20.8. The molecule has 2 aromatic rings. The molecule has 2 aliphatic rings. The minimum absolute atomic E-state index is 0.0925. The fourth-order valence-corrected chi connectivity index (χ4v) is 3.97. The number of rotatable bonds is 5. The number of hydrogen-bond donors (Lipinski definition) is 0. The predicted molar refractivity (Wildman–Crippen MR) is 114 cm³/mol. The molecule has 0 unspecified atom stereocenters. The van der Waals surface area contributed by atoms with E-state index in [-0.39, 0.29) is 10.9 Å². The maximum Gasteiger partial charge on any atom is 0.223 e. The lowest BCUT2D eigenvalue weighted by Gasteiger charge is -2.36. The van der Waals surface area contributed by atoms with Gasteiger partial charge in [-0.2, -0.15) is 0 Å². The van der Waals surface area contributed by atoms with Crippen molar-refractivity contribution >= 4 is 29.1 Å². The molecule has 7 nitrogen and oxygen atoms in total. The minimum atomic E-state index is -0.440. The van der Waals surface area contributed by atoms with Crippen molar-refractivity contribution in [2.75, 3.05) is 62.3 Å². The summed E-state index contributed by atoms with van der Waals surface area (Å²) in [5.41, 5.74) is 0.866. The molecule has 0 radical (unpaired) electrons. The van der Waals surface area contributed by atoms with Crippen molar-refractivity contribution in [1.82, 2.24) is 14.9 Å². The Morgan fingerprint density at radius 2 is 1.67 bits per heavy atom. The first-order chi connectivity index (χ1) is 14.6. The van der Waals surface area contributed by atoms with E-state index < -0.39 is 5.82 Å². The van der Waals surface area contributed by atoms with E-state index in [9.17, 15) is 9.18 Å². The van der Waals surface area contributed by atoms with Gasteiger partial charge in [-0.15, -0.1) is 0 Å². The number of ether oxygens (including phenoxy) is 1. The highest BCUT2D eigenvalue weighted by Crippen LogP contribution is 2.21. The van der Waals surface area contributed by atoms with E-state index in [1.54, 1.807) is 18.5 Å². The number of anilines is 2. The van der Waals surface area contributed by atoms with Crippen LogP contribution in [0.3, 0.4) is 0 Å². The molecular weight excluding hydrogens is 409 g/mol. The number of carbonyl (C=O) groups is 1. The lowest BCUT2D eigenvalue weighted by atomic mass is 10.1. The van der Waals surface area contributed by atoms with Gasteiger partial charge in [0.25, 0.3) is 0 Å². The number of amides is 1. The summed E-state index contributed by atoms with van der Waals surface area (Å²) < 4.78 is 18.7. The molecule has 2 fully saturated rings. The molecule has 0 atom stereocenters. The predicted octanol–water partition coefficient (Wildman–Crippen LogP) is 2.39. The molecule has 1 aromatic carbocycles. The molecule has 2 aliphatic heterocycles. The number of morpholine rings is 1. The Hall–Kier alpha value is -2.45. The molecule has 0 spiro atoms. The van der Waals surface area contributed by atoms with E-state index >= 15 is 0 Å². The van der Waals surface area contributed by atoms with Gasteiger partial charge < -0.3 is 19.4 Å². The van der Waals surface area contributed by atoms with Gasteiger partial charge in [-0.25, -0.2) is 14.4 Å². The molecule has 30 heavy (non-hydrogen) atoms. The van der Waals surface area contributed by atoms with E-state index in [2.05, 4.69) is 19.8 Å². The fraction of sp³-hybridized carbons (Fsp3) is 0.476. The average Bonchev–Trinajstić information content (AvgIpc) is 2.80. The number of hydrogen-bond acceptors (Lipinski definition) is 6. The third kappa shape index (κ3) is 4.99. The smallest absolute Gasteiger partial charge is 0.223 e. The van der Waals surface area contributed by atoms with Gasteiger partial charge >= 0.3 is 0 Å². The molecule has 4 rings (SSSR count). The molecule has 0 saturated carbocycles. The van der Waals surface area contributed by atoms with Gasteiger partial charge in [0.15, 0.2) is 0 Å². The van der Waals surface area contributed by atoms with Crippen LogP contribution in [-0.2, 0) is 16.0 Å². The Balaban J connectivity index is 1.29. The lowest BCUT2D eigenvalue weighted by molar-refractivity contribution is -0.131. The van der Waals surface area contributed by atoms with Crippen molar-refractivity contribution < 1.29 is 13.9 Å². The van der Waals surface area contributed by atoms with E-state index in [1.165, 1.54) is 6.07 Å². The van der Waals surface area contributed by atoms with Gasteiger partial charge in [0.1, 0.15) is 23.8 Å². The topological polar surface area (TPSA) is 61.8 Å². The zero-order valence-corrected chi connectivity index (χ0v) is 17.5. The largest absolute Gasteiger partial charge is 0.378 e. The van der Waals surface area contributed by atoms with Crippen molar-refractivity contribution in [3.63, 3.8) is 0 Å². The zero-order chi connectivity index (χ0) is 20.9. The van der Waals surface area contributed by atoms with Crippen molar-refractivity contribution in [1.29, 1.82) is 0 Å². The maximum atomic E-state index is 13.3. The molecule has 160 valence electrons. The Morgan fingerprint density at radius 3 is 2.33 bits per heavy atom. The number of nitrogens with zero attached hydrogens (tertiary/aromatic N) is 5. The number of carbonyl (C=O) groups excluding carboxylic acids is 1. The van der Waals surface area contributed by atoms with Crippen molar-refractivity contribution in [3.8, 4) is 0 Å². The normalized spacial score (nSPS) is 17.3. The lowest BCUT2D eigenvalue weighted by Crippen LogP contribution is -2.49. The summed E-state index contributed by atoms with van der Waals surface area (Å²) in [6, 6.07) is 6.62. The summed E-state index contributed by atoms with van der Waals surface area (Å²) in [6.45, 7) is 5.85. The van der Waals surface area contributed by atoms with Crippen LogP contribution in [0, 0.1) is 5.82 Å². The van der Waals surface area contributed by atoms with Crippen LogP contribution in [0.15, 0.2) is 30.6 Å². The number of halogens is 2. The summed E-state index contributed by atoms with van der Waals surface area (Å²) in [5.74, 6) is 1.47. The van der Waals surface area contributed by atoms with Crippen molar-refractivity contribution in [2.24, 2.45) is 0 Å². The maximum absolute atomic E-state index is 13.3. The summed E-state index contributed by atoms with van der Waals surface area (Å²) >= 11 is 5.82. The van der Waals surface area contributed by atoms with Crippen LogP contribution < -0.4 is 9.80 Å². The van der Waals surface area contributed by atoms with Crippen molar-refractivity contribution in [2.45, 2.75) is 12.8 Å². The molecule has 0 N–H and O–H groups in total. The molecule has 0 aliphatic carbocycles. The highest BCUT2D eigenvalue weighted by Gasteiger charge is 2.23. The second-order valence-corrected chi connectivity index (χ2v) is 7.86. The number of benzene rings is 1. The zero-order valence-electron chi connectivity index (χ0n) is 16.8. The molecular formula is C21H25ClFN5O2. The fourth-order valence-electron chi connectivity index (χ4n) is 3.76. The highest BCUT2D eigenvalue weighted by atomic mass is 35.5. The monoisotopic (exact) mass is 433 g/mol. The van der Waals surface area contributed by atoms with Crippen LogP contribution in [0.2, 0.25) is 5.02 Å². The van der Waals surface area contributed by atoms with Crippen LogP contribution in [-0.4, -0.2) is 73.3 Å². The third-order valence-electron chi connectivity index (χ3n) is 5.54. The summed E-state index contributed by atoms with van der Waals surface area (Å²) in [4.78, 5) is 27.7. The first-order valence-corrected chi connectivity index (χ1v) is 10.6. The molecule has 3 heterocycles. The first-order valence-electron chi connectivity index (χ1n) is 10.2. The highest BCUT2D eigenvalue weighted by molar-refractivity contribution is 6.30. The van der Waals surface area contributed by atoms with Gasteiger partial charge in [0.05, 0.1) is 18.2 Å². The summed E-state index contributed by atoms with van der Waals surface area (Å²) in [6.07, 6.45) is 2.54. The number of aromatic nitrogens is 2. The van der Waals surface area contributed by atoms with Crippen LogP contribution in [0.1, 0.15) is 12.0 Å². The third-order valence-corrected chi connectivity index (χ3v) is 5.83. The number of piperazine rings is 1. The van der Waals surface area contributed by atoms with Crippen LogP contribution in [0.5, 0.6) is 0 Å². The van der Waals surface area contributed by atoms with Gasteiger partial charge in [-0.3, -0.25) is 4.79 Å². The van der Waals surface area contributed by atoms with Crippen LogP contribution in [0.4, 0.5) is 16.0 Å². The van der Waals surface area contributed by atoms with Gasteiger partial charge in [-0.05, 0) is 24.1 Å². The molecule has 1 aromatic heterocycles. The second kappa shape index (κ2) is 9.57. The second-order valence-electron chi connectivity index (χ2n) is 7.45. The standard InChI is InChI=1S/C21H25ClFN5O2/c22-17-13-16(1-3-18(17)23)2-4-21(29)28-7-5-26(6-8-28)19-14-20(25-15-24-19)27-9-11-30-12-10-27/h1,3,13-15H,2,4-12H2. The Bertz CT molecular complexity index is 885. The molecule has 0 bridgehead atoms. The number of aryl methyl sites for hydroxylation is 1. The summed E-state index contributed by atoms with van der Waals surface area (Å²) in [7, 11) is 0. The summed E-state index contributed by atoms with van der Waals surface area (Å²) in [5, 5.41) is 0.0925. The van der Waals surface area contributed by atoms with E-state index in [1.807, 2.05) is 11.0 Å². The van der Waals surface area contributed by atoms with E-state index in [4.69, 9.17) is 16.3 Å². The van der Waals surface area contributed by atoms with Crippen LogP contribution in [0.25, 0.3) is 0 Å². The van der Waals surface area contributed by atoms with Gasteiger partial charge in [-0.1, -0.05) is 17.7 Å². The SMILES string of the molecule is O=C(CCc1ccc(F)c(Cl)c1)N1CCN(c2cc(N3CCOCC3)ncn2)CC1. The van der Waals surface area contributed by atoms with Gasteiger partial charge in [0.2, 0.25) is 5.91 Å². The van der Waals surface area contributed by atoms with Crippen molar-refractivity contribution in [3.05, 3.63) is 47.0 Å².